The van der Waals surface area contributed by atoms with Crippen molar-refractivity contribution in [2.75, 3.05) is 11.9 Å². The summed E-state index contributed by atoms with van der Waals surface area (Å²) in [7, 11) is 0. The molecule has 1 amide bonds. The van der Waals surface area contributed by atoms with Crippen LogP contribution < -0.4 is 11.1 Å². The van der Waals surface area contributed by atoms with Gasteiger partial charge in [0.05, 0.1) is 4.70 Å². The summed E-state index contributed by atoms with van der Waals surface area (Å²) in [4.78, 5) is 15.2. The number of anilines is 1. The molecule has 0 aliphatic heterocycles. The van der Waals surface area contributed by atoms with Gasteiger partial charge in [-0.05, 0) is 25.1 Å². The lowest BCUT2D eigenvalue weighted by atomic mass is 10.1. The van der Waals surface area contributed by atoms with Crippen LogP contribution >= 0.6 is 22.9 Å². The first-order chi connectivity index (χ1) is 10.0. The van der Waals surface area contributed by atoms with E-state index in [0.29, 0.717) is 10.1 Å². The smallest absolute Gasteiger partial charge is 0.271 e. The van der Waals surface area contributed by atoms with Gasteiger partial charge in [-0.3, -0.25) is 4.79 Å². The topological polar surface area (TPSA) is 88.2 Å². The molecule has 4 N–H and O–H groups in total. The van der Waals surface area contributed by atoms with Crippen LogP contribution in [0.5, 0.6) is 5.75 Å². The van der Waals surface area contributed by atoms with E-state index >= 15 is 0 Å². The summed E-state index contributed by atoms with van der Waals surface area (Å²) < 4.78 is 1.47. The lowest BCUT2D eigenvalue weighted by Gasteiger charge is -2.04. The number of benzene rings is 1. The molecular formula is C14H12ClN3O2S. The maximum absolute atomic E-state index is 11.3. The highest BCUT2D eigenvalue weighted by Crippen LogP contribution is 2.43. The number of halogens is 1. The fraction of sp³-hybridized carbons (Fsp3) is 0.143. The lowest BCUT2D eigenvalue weighted by molar-refractivity contribution is 0.0993. The maximum atomic E-state index is 11.3. The van der Waals surface area contributed by atoms with Crippen LogP contribution in [0.2, 0.25) is 5.15 Å². The summed E-state index contributed by atoms with van der Waals surface area (Å²) in [6.45, 7) is 2.81. The number of carbonyl (C=O) groups is 1. The van der Waals surface area contributed by atoms with E-state index in [1.807, 2.05) is 25.1 Å². The van der Waals surface area contributed by atoms with E-state index in [2.05, 4.69) is 10.3 Å². The molecule has 3 rings (SSSR count). The number of pyridine rings is 1. The van der Waals surface area contributed by atoms with Gasteiger partial charge in [0, 0.05) is 27.7 Å². The minimum absolute atomic E-state index is 0.163. The number of primary amides is 1. The van der Waals surface area contributed by atoms with Crippen molar-refractivity contribution in [1.29, 1.82) is 0 Å². The molecule has 0 fully saturated rings. The Balaban J connectivity index is 2.39. The number of nitrogens with zero attached hydrogens (tertiary/aromatic N) is 1. The SMILES string of the molecule is CCNc1ccc2sc3c(O)c(C(N)=O)nc(Cl)c3c2c1. The third-order valence-corrected chi connectivity index (χ3v) is 4.61. The predicted molar refractivity (Wildman–Crippen MR) is 86.5 cm³/mol. The van der Waals surface area contributed by atoms with Gasteiger partial charge in [0.15, 0.2) is 11.4 Å². The largest absolute Gasteiger partial charge is 0.504 e. The monoisotopic (exact) mass is 321 g/mol. The second-order valence-corrected chi connectivity index (χ2v) is 5.92. The Morgan fingerprint density at radius 2 is 2.29 bits per heavy atom. The number of aromatic hydroxyl groups is 1. The van der Waals surface area contributed by atoms with Crippen LogP contribution in [0.25, 0.3) is 20.2 Å². The molecule has 0 saturated carbocycles. The highest BCUT2D eigenvalue weighted by atomic mass is 35.5. The molecule has 21 heavy (non-hydrogen) atoms. The van der Waals surface area contributed by atoms with E-state index in [-0.39, 0.29) is 16.6 Å². The summed E-state index contributed by atoms with van der Waals surface area (Å²) in [5.74, 6) is -1.02. The molecule has 0 radical (unpaired) electrons. The molecule has 1 aromatic carbocycles. The highest BCUT2D eigenvalue weighted by molar-refractivity contribution is 7.26. The van der Waals surface area contributed by atoms with Crippen molar-refractivity contribution in [2.45, 2.75) is 6.92 Å². The fourth-order valence-corrected chi connectivity index (χ4v) is 3.74. The van der Waals surface area contributed by atoms with Gasteiger partial charge in [-0.25, -0.2) is 4.98 Å². The first kappa shape index (κ1) is 13.9. The number of hydrogen-bond acceptors (Lipinski definition) is 5. The Morgan fingerprint density at radius 3 is 2.95 bits per heavy atom. The first-order valence-corrected chi connectivity index (χ1v) is 7.50. The standard InChI is InChI=1S/C14H12ClN3O2S/c1-2-17-6-3-4-8-7(5-6)9-12(21-8)11(19)10(14(16)20)18-13(9)15/h3-5,17,19H,2H2,1H3,(H2,16,20). The minimum atomic E-state index is -0.804. The number of hydrogen-bond donors (Lipinski definition) is 3. The second-order valence-electron chi connectivity index (χ2n) is 4.51. The van der Waals surface area contributed by atoms with E-state index in [1.165, 1.54) is 11.3 Å². The summed E-state index contributed by atoms with van der Waals surface area (Å²) in [5.41, 5.74) is 5.96. The Labute approximate surface area is 129 Å². The number of nitrogens with one attached hydrogen (secondary N) is 1. The van der Waals surface area contributed by atoms with Crippen molar-refractivity contribution in [3.05, 3.63) is 29.0 Å². The number of nitrogens with two attached hydrogens (primary N) is 1. The molecule has 2 aromatic heterocycles. The summed E-state index contributed by atoms with van der Waals surface area (Å²) in [5, 5.41) is 15.1. The molecule has 0 bridgehead atoms. The van der Waals surface area contributed by atoms with Crippen molar-refractivity contribution in [1.82, 2.24) is 4.98 Å². The van der Waals surface area contributed by atoms with Gasteiger partial charge >= 0.3 is 0 Å². The average Bonchev–Trinajstić information content (AvgIpc) is 2.82. The number of aromatic nitrogens is 1. The lowest BCUT2D eigenvalue weighted by Crippen LogP contribution is -2.13. The van der Waals surface area contributed by atoms with Crippen LogP contribution in [0, 0.1) is 0 Å². The van der Waals surface area contributed by atoms with E-state index < -0.39 is 5.91 Å². The zero-order valence-electron chi connectivity index (χ0n) is 11.1. The molecule has 5 nitrogen and oxygen atoms in total. The first-order valence-electron chi connectivity index (χ1n) is 6.31. The molecular weight excluding hydrogens is 310 g/mol. The van der Waals surface area contributed by atoms with E-state index in [4.69, 9.17) is 17.3 Å². The van der Waals surface area contributed by atoms with Gasteiger partial charge in [0.25, 0.3) is 5.91 Å². The summed E-state index contributed by atoms with van der Waals surface area (Å²) in [6.07, 6.45) is 0. The van der Waals surface area contributed by atoms with E-state index in [1.54, 1.807) is 0 Å². The molecule has 0 atom stereocenters. The molecule has 0 unspecified atom stereocenters. The predicted octanol–water partition coefficient (Wildman–Crippen LogP) is 3.34. The van der Waals surface area contributed by atoms with Gasteiger partial charge in [-0.15, -0.1) is 11.3 Å². The third-order valence-electron chi connectivity index (χ3n) is 3.16. The second kappa shape index (κ2) is 5.05. The third kappa shape index (κ3) is 2.16. The normalized spacial score (nSPS) is 11.1. The average molecular weight is 322 g/mol. The summed E-state index contributed by atoms with van der Waals surface area (Å²) in [6, 6.07) is 5.85. The van der Waals surface area contributed by atoms with Crippen molar-refractivity contribution in [3.63, 3.8) is 0 Å². The molecule has 108 valence electrons. The molecule has 7 heteroatoms. The molecule has 3 aromatic rings. The molecule has 0 saturated heterocycles. The molecule has 0 aliphatic carbocycles. The Morgan fingerprint density at radius 1 is 1.52 bits per heavy atom. The van der Waals surface area contributed by atoms with Gasteiger partial charge in [-0.1, -0.05) is 11.6 Å². The van der Waals surface area contributed by atoms with Gasteiger partial charge in [-0.2, -0.15) is 0 Å². The van der Waals surface area contributed by atoms with Crippen LogP contribution in [-0.4, -0.2) is 22.5 Å². The van der Waals surface area contributed by atoms with Crippen molar-refractivity contribution < 1.29 is 9.90 Å². The maximum Gasteiger partial charge on any atom is 0.271 e. The van der Waals surface area contributed by atoms with Crippen LogP contribution in [0.15, 0.2) is 18.2 Å². The van der Waals surface area contributed by atoms with Crippen molar-refractivity contribution in [3.8, 4) is 5.75 Å². The Bertz CT molecular complexity index is 876. The van der Waals surface area contributed by atoms with Crippen LogP contribution in [0.4, 0.5) is 5.69 Å². The van der Waals surface area contributed by atoms with Crippen LogP contribution in [0.1, 0.15) is 17.4 Å². The Kier molecular flexibility index (Phi) is 3.35. The van der Waals surface area contributed by atoms with Crippen molar-refractivity contribution >= 4 is 54.7 Å². The number of thiophene rings is 1. The summed E-state index contributed by atoms with van der Waals surface area (Å²) >= 11 is 7.54. The number of amides is 1. The van der Waals surface area contributed by atoms with Gasteiger partial charge in [0.2, 0.25) is 0 Å². The van der Waals surface area contributed by atoms with Crippen molar-refractivity contribution in [2.24, 2.45) is 5.73 Å². The van der Waals surface area contributed by atoms with E-state index in [9.17, 15) is 9.90 Å². The van der Waals surface area contributed by atoms with E-state index in [0.717, 1.165) is 22.3 Å². The minimum Gasteiger partial charge on any atom is -0.504 e. The van der Waals surface area contributed by atoms with Crippen LogP contribution in [-0.2, 0) is 0 Å². The number of carbonyl (C=O) groups excluding carboxylic acids is 1. The zero-order valence-corrected chi connectivity index (χ0v) is 12.7. The highest BCUT2D eigenvalue weighted by Gasteiger charge is 2.20. The molecule has 2 heterocycles. The number of fused-ring (bicyclic) bond motifs is 3. The quantitative estimate of drug-likeness (QED) is 0.645. The molecule has 0 spiro atoms. The number of rotatable bonds is 3. The van der Waals surface area contributed by atoms with Gasteiger partial charge < -0.3 is 16.2 Å². The van der Waals surface area contributed by atoms with Gasteiger partial charge in [0.1, 0.15) is 5.15 Å². The zero-order chi connectivity index (χ0) is 15.1. The molecule has 0 aliphatic rings. The fourth-order valence-electron chi connectivity index (χ4n) is 2.27. The Hall–Kier alpha value is -2.05. The van der Waals surface area contributed by atoms with Crippen LogP contribution in [0.3, 0.4) is 0 Å².